The van der Waals surface area contributed by atoms with Crippen molar-refractivity contribution in [2.24, 2.45) is 0 Å². The van der Waals surface area contributed by atoms with Gasteiger partial charge in [0, 0.05) is 56.8 Å². The second kappa shape index (κ2) is 10.0. The molecule has 3 aromatic rings. The highest BCUT2D eigenvalue weighted by Gasteiger charge is 2.34. The molecule has 1 aliphatic carbocycles. The quantitative estimate of drug-likeness (QED) is 0.466. The first kappa shape index (κ1) is 25.1. The maximum atomic E-state index is 14.6. The van der Waals surface area contributed by atoms with E-state index in [1.54, 1.807) is 35.4 Å². The van der Waals surface area contributed by atoms with E-state index >= 15 is 0 Å². The topological polar surface area (TPSA) is 86.7 Å². The summed E-state index contributed by atoms with van der Waals surface area (Å²) in [6.07, 6.45) is 4.34. The number of halogens is 2. The Morgan fingerprint density at radius 2 is 1.70 bits per heavy atom. The van der Waals surface area contributed by atoms with Crippen LogP contribution in [0.15, 0.2) is 59.6 Å². The number of sulfone groups is 1. The van der Waals surface area contributed by atoms with Crippen LogP contribution in [0, 0.1) is 11.6 Å². The van der Waals surface area contributed by atoms with Crippen LogP contribution in [-0.4, -0.2) is 67.7 Å². The predicted molar refractivity (Wildman–Crippen MR) is 135 cm³/mol. The third kappa shape index (κ3) is 5.56. The van der Waals surface area contributed by atoms with Crippen LogP contribution in [0.1, 0.15) is 28.9 Å². The molecule has 0 N–H and O–H groups in total. The fourth-order valence-corrected chi connectivity index (χ4v) is 5.08. The summed E-state index contributed by atoms with van der Waals surface area (Å²) in [5, 5.41) is 0. The lowest BCUT2D eigenvalue weighted by Gasteiger charge is -2.36. The summed E-state index contributed by atoms with van der Waals surface area (Å²) in [7, 11) is -3.49. The van der Waals surface area contributed by atoms with Gasteiger partial charge in [0.05, 0.1) is 10.6 Å². The van der Waals surface area contributed by atoms with E-state index in [1.807, 2.05) is 9.80 Å². The van der Waals surface area contributed by atoms with Gasteiger partial charge >= 0.3 is 0 Å². The van der Waals surface area contributed by atoms with Gasteiger partial charge in [0.25, 0.3) is 5.91 Å². The fraction of sp³-hybridized carbons (Fsp3) is 0.346. The Labute approximate surface area is 214 Å². The predicted octanol–water partition coefficient (Wildman–Crippen LogP) is 3.29. The van der Waals surface area contributed by atoms with Crippen molar-refractivity contribution < 1.29 is 22.0 Å². The van der Waals surface area contributed by atoms with Gasteiger partial charge in [0.1, 0.15) is 17.3 Å². The molecule has 37 heavy (non-hydrogen) atoms. The van der Waals surface area contributed by atoms with E-state index in [2.05, 4.69) is 9.97 Å². The number of amides is 1. The van der Waals surface area contributed by atoms with Gasteiger partial charge in [-0.15, -0.1) is 0 Å². The average Bonchev–Trinajstić information content (AvgIpc) is 3.73. The first-order valence-electron chi connectivity index (χ1n) is 12.1. The summed E-state index contributed by atoms with van der Waals surface area (Å²) in [5.74, 6) is -0.791. The SMILES string of the molecule is CS(=O)(=O)c1ccc(N2CCN(c3nccc(C(=O)N(Cc4ccccc4F)C4CC4)n3)CC2)c(F)c1. The van der Waals surface area contributed by atoms with Crippen molar-refractivity contribution in [2.45, 2.75) is 30.3 Å². The molecule has 1 aromatic heterocycles. The molecule has 1 aliphatic heterocycles. The van der Waals surface area contributed by atoms with Gasteiger partial charge in [-0.2, -0.15) is 0 Å². The summed E-state index contributed by atoms with van der Waals surface area (Å²) in [4.78, 5) is 27.6. The number of benzene rings is 2. The Hall–Kier alpha value is -3.60. The zero-order chi connectivity index (χ0) is 26.2. The lowest BCUT2D eigenvalue weighted by Crippen LogP contribution is -2.47. The largest absolute Gasteiger partial charge is 0.366 e. The second-order valence-corrected chi connectivity index (χ2v) is 11.4. The van der Waals surface area contributed by atoms with Crippen molar-refractivity contribution >= 4 is 27.4 Å². The first-order chi connectivity index (χ1) is 17.7. The number of nitrogens with zero attached hydrogens (tertiary/aromatic N) is 5. The van der Waals surface area contributed by atoms with Crippen LogP contribution in [0.4, 0.5) is 20.4 Å². The maximum absolute atomic E-state index is 14.6. The van der Waals surface area contributed by atoms with Crippen molar-refractivity contribution in [2.75, 3.05) is 42.2 Å². The minimum absolute atomic E-state index is 0.0579. The normalized spacial score (nSPS) is 16.1. The Morgan fingerprint density at radius 1 is 1.00 bits per heavy atom. The number of carbonyl (C=O) groups is 1. The van der Waals surface area contributed by atoms with Gasteiger partial charge in [-0.1, -0.05) is 18.2 Å². The van der Waals surface area contributed by atoms with E-state index in [4.69, 9.17) is 0 Å². The number of rotatable bonds is 7. The van der Waals surface area contributed by atoms with Crippen LogP contribution in [0.3, 0.4) is 0 Å². The van der Waals surface area contributed by atoms with Crippen LogP contribution in [0.5, 0.6) is 0 Å². The highest BCUT2D eigenvalue weighted by Crippen LogP contribution is 2.30. The number of piperazine rings is 1. The molecule has 0 spiro atoms. The molecule has 8 nitrogen and oxygen atoms in total. The van der Waals surface area contributed by atoms with Crippen LogP contribution in [0.2, 0.25) is 0 Å². The van der Waals surface area contributed by atoms with Gasteiger partial charge in [0.2, 0.25) is 5.95 Å². The highest BCUT2D eigenvalue weighted by atomic mass is 32.2. The van der Waals surface area contributed by atoms with Crippen molar-refractivity contribution in [3.63, 3.8) is 0 Å². The van der Waals surface area contributed by atoms with Crippen LogP contribution < -0.4 is 9.80 Å². The lowest BCUT2D eigenvalue weighted by molar-refractivity contribution is 0.0722. The second-order valence-electron chi connectivity index (χ2n) is 9.36. The van der Waals surface area contributed by atoms with Gasteiger partial charge in [-0.25, -0.2) is 27.2 Å². The Kier molecular flexibility index (Phi) is 6.80. The summed E-state index contributed by atoms with van der Waals surface area (Å²) in [5.41, 5.74) is 1.05. The van der Waals surface area contributed by atoms with Gasteiger partial charge in [0.15, 0.2) is 9.84 Å². The molecule has 2 fully saturated rings. The summed E-state index contributed by atoms with van der Waals surface area (Å²) in [6, 6.07) is 12.0. The minimum Gasteiger partial charge on any atom is -0.366 e. The van der Waals surface area contributed by atoms with Crippen molar-refractivity contribution in [3.05, 3.63) is 77.6 Å². The summed E-state index contributed by atoms with van der Waals surface area (Å²) < 4.78 is 52.3. The molecule has 2 heterocycles. The third-order valence-electron chi connectivity index (χ3n) is 6.66. The van der Waals surface area contributed by atoms with Crippen LogP contribution >= 0.6 is 0 Å². The molecular weight excluding hydrogens is 500 g/mol. The molecule has 5 rings (SSSR count). The molecule has 194 valence electrons. The van der Waals surface area contributed by atoms with E-state index in [0.717, 1.165) is 25.2 Å². The molecule has 0 atom stereocenters. The third-order valence-corrected chi connectivity index (χ3v) is 7.77. The van der Waals surface area contributed by atoms with E-state index in [9.17, 15) is 22.0 Å². The molecule has 1 amide bonds. The zero-order valence-corrected chi connectivity index (χ0v) is 21.2. The van der Waals surface area contributed by atoms with Gasteiger partial charge in [-0.3, -0.25) is 4.79 Å². The summed E-state index contributed by atoms with van der Waals surface area (Å²) >= 11 is 0. The Bertz CT molecular complexity index is 1420. The first-order valence-corrected chi connectivity index (χ1v) is 14.0. The molecular formula is C26H27F2N5O3S. The number of hydrogen-bond acceptors (Lipinski definition) is 7. The highest BCUT2D eigenvalue weighted by molar-refractivity contribution is 7.90. The van der Waals surface area contributed by atoms with E-state index < -0.39 is 15.7 Å². The average molecular weight is 528 g/mol. The smallest absolute Gasteiger partial charge is 0.273 e. The number of carbonyl (C=O) groups excluding carboxylic acids is 1. The number of hydrogen-bond donors (Lipinski definition) is 0. The Morgan fingerprint density at radius 3 is 2.35 bits per heavy atom. The molecule has 0 unspecified atom stereocenters. The molecule has 0 bridgehead atoms. The zero-order valence-electron chi connectivity index (χ0n) is 20.3. The van der Waals surface area contributed by atoms with Crippen LogP contribution in [-0.2, 0) is 16.4 Å². The number of aromatic nitrogens is 2. The van der Waals surface area contributed by atoms with E-state index in [-0.39, 0.29) is 34.9 Å². The lowest BCUT2D eigenvalue weighted by atomic mass is 10.2. The van der Waals surface area contributed by atoms with Crippen molar-refractivity contribution in [3.8, 4) is 0 Å². The number of anilines is 2. The van der Waals surface area contributed by atoms with Gasteiger partial charge < -0.3 is 14.7 Å². The minimum atomic E-state index is -3.49. The molecule has 1 saturated heterocycles. The monoisotopic (exact) mass is 527 g/mol. The van der Waals surface area contributed by atoms with Crippen LogP contribution in [0.25, 0.3) is 0 Å². The van der Waals surface area contributed by atoms with E-state index in [0.29, 0.717) is 43.4 Å². The summed E-state index contributed by atoms with van der Waals surface area (Å²) in [6.45, 7) is 2.10. The fourth-order valence-electron chi connectivity index (χ4n) is 4.45. The molecule has 1 saturated carbocycles. The van der Waals surface area contributed by atoms with Crippen molar-refractivity contribution in [1.82, 2.24) is 14.9 Å². The Balaban J connectivity index is 1.27. The standard InChI is InChI=1S/C26H27F2N5O3S/c1-37(35,36)20-8-9-24(22(28)16-20)31-12-14-32(15-13-31)26-29-11-10-23(30-26)25(34)33(19-6-7-19)17-18-4-2-3-5-21(18)27/h2-5,8-11,16,19H,6-7,12-15,17H2,1H3. The maximum Gasteiger partial charge on any atom is 0.273 e. The van der Waals surface area contributed by atoms with Crippen molar-refractivity contribution in [1.29, 1.82) is 0 Å². The molecule has 2 aliphatic rings. The van der Waals surface area contributed by atoms with Gasteiger partial charge in [-0.05, 0) is 43.2 Å². The van der Waals surface area contributed by atoms with E-state index in [1.165, 1.54) is 18.2 Å². The molecule has 11 heteroatoms. The molecule has 0 radical (unpaired) electrons. The molecule has 2 aromatic carbocycles.